The van der Waals surface area contributed by atoms with Gasteiger partial charge in [0.2, 0.25) is 0 Å². The first-order valence-electron chi connectivity index (χ1n) is 13.3. The Hall–Kier alpha value is -3.03. The first-order chi connectivity index (χ1) is 18.0. The lowest BCUT2D eigenvalue weighted by molar-refractivity contribution is -0.00490. The molecule has 3 aromatic rings. The molecule has 0 saturated carbocycles. The summed E-state index contributed by atoms with van der Waals surface area (Å²) in [5, 5.41) is 5.92. The number of ether oxygens (including phenoxy) is 2. The van der Waals surface area contributed by atoms with Crippen LogP contribution in [0.3, 0.4) is 0 Å². The molecule has 2 aliphatic rings. The normalized spacial score (nSPS) is 17.8. The van der Waals surface area contributed by atoms with Crippen LogP contribution in [0, 0.1) is 12.8 Å². The number of rotatable bonds is 5. The zero-order valence-corrected chi connectivity index (χ0v) is 23.3. The maximum atomic E-state index is 13.5. The fourth-order valence-electron chi connectivity index (χ4n) is 5.49. The number of carbonyl (C=O) groups excluding carboxylic acids is 1. The number of hydrogen-bond acceptors (Lipinski definition) is 5. The Bertz CT molecular complexity index is 1400. The van der Waals surface area contributed by atoms with Gasteiger partial charge in [-0.15, -0.1) is 0 Å². The number of benzene rings is 2. The minimum absolute atomic E-state index is 0.00891. The number of carbonyl (C=O) groups is 1. The van der Waals surface area contributed by atoms with E-state index in [-0.39, 0.29) is 11.7 Å². The van der Waals surface area contributed by atoms with E-state index >= 15 is 0 Å². The summed E-state index contributed by atoms with van der Waals surface area (Å²) >= 11 is 6.50. The van der Waals surface area contributed by atoms with Crippen molar-refractivity contribution in [2.24, 2.45) is 5.92 Å². The molecule has 0 aliphatic carbocycles. The first kappa shape index (κ1) is 26.6. The zero-order chi connectivity index (χ0) is 27.1. The lowest BCUT2D eigenvalue weighted by Crippen LogP contribution is -2.65. The fourth-order valence-corrected chi connectivity index (χ4v) is 5.66. The van der Waals surface area contributed by atoms with Gasteiger partial charge in [0, 0.05) is 42.1 Å². The molecule has 1 amide bonds. The van der Waals surface area contributed by atoms with Crippen molar-refractivity contribution in [3.05, 3.63) is 75.2 Å². The summed E-state index contributed by atoms with van der Waals surface area (Å²) in [5.41, 5.74) is 1.68. The van der Waals surface area contributed by atoms with Crippen LogP contribution in [0.15, 0.2) is 53.5 Å². The fraction of sp³-hybridized carbons (Fsp3) is 0.467. The molecule has 0 radical (unpaired) electrons. The van der Waals surface area contributed by atoms with E-state index in [1.807, 2.05) is 80.9 Å². The standard InChI is InChI=1S/C30H36ClN3O4/c1-20-25(6-5-7-26(20)31)30(18-34(19-30)28(36)38-29(2,3)4)32-23-9-8-22-10-13-33(27(35)24(22)16-23)17-21-11-14-37-15-12-21/h5-10,13,16,21,32H,11-12,14-15,17-19H2,1-4H3. The Morgan fingerprint density at radius 1 is 1.16 bits per heavy atom. The summed E-state index contributed by atoms with van der Waals surface area (Å²) in [6, 6.07) is 13.7. The molecular weight excluding hydrogens is 502 g/mol. The van der Waals surface area contributed by atoms with Crippen LogP contribution in [-0.4, -0.2) is 47.5 Å². The highest BCUT2D eigenvalue weighted by Crippen LogP contribution is 2.40. The third kappa shape index (κ3) is 5.40. The lowest BCUT2D eigenvalue weighted by atomic mass is 9.80. The van der Waals surface area contributed by atoms with E-state index < -0.39 is 11.1 Å². The second-order valence-electron chi connectivity index (χ2n) is 11.6. The minimum atomic E-state index is -0.572. The summed E-state index contributed by atoms with van der Waals surface area (Å²) in [7, 11) is 0. The SMILES string of the molecule is Cc1c(Cl)cccc1C1(Nc2ccc3ccn(CC4CCOCC4)c(=O)c3c2)CN(C(=O)OC(C)(C)C)C1. The van der Waals surface area contributed by atoms with E-state index in [4.69, 9.17) is 21.1 Å². The predicted molar refractivity (Wildman–Crippen MR) is 151 cm³/mol. The summed E-state index contributed by atoms with van der Waals surface area (Å²) in [6.45, 7) is 10.6. The molecule has 202 valence electrons. The van der Waals surface area contributed by atoms with Gasteiger partial charge in [-0.05, 0) is 87.2 Å². The molecule has 1 N–H and O–H groups in total. The maximum absolute atomic E-state index is 13.5. The van der Waals surface area contributed by atoms with E-state index in [9.17, 15) is 9.59 Å². The van der Waals surface area contributed by atoms with Crippen LogP contribution in [-0.2, 0) is 21.6 Å². The van der Waals surface area contributed by atoms with Gasteiger partial charge in [-0.3, -0.25) is 4.79 Å². The van der Waals surface area contributed by atoms with Gasteiger partial charge < -0.3 is 24.3 Å². The van der Waals surface area contributed by atoms with Crippen molar-refractivity contribution in [3.63, 3.8) is 0 Å². The number of hydrogen-bond donors (Lipinski definition) is 1. The van der Waals surface area contributed by atoms with Crippen molar-refractivity contribution in [1.29, 1.82) is 0 Å². The highest BCUT2D eigenvalue weighted by Gasteiger charge is 2.48. The number of likely N-dealkylation sites (tertiary alicyclic amines) is 1. The van der Waals surface area contributed by atoms with Crippen LogP contribution < -0.4 is 10.9 Å². The summed E-state index contributed by atoms with van der Waals surface area (Å²) in [5.74, 6) is 0.447. The van der Waals surface area contributed by atoms with Gasteiger partial charge in [-0.1, -0.05) is 29.8 Å². The highest BCUT2D eigenvalue weighted by molar-refractivity contribution is 6.31. The Balaban J connectivity index is 1.45. The largest absolute Gasteiger partial charge is 0.444 e. The van der Waals surface area contributed by atoms with E-state index in [1.165, 1.54) is 0 Å². The molecule has 0 atom stereocenters. The molecular formula is C30H36ClN3O4. The molecule has 0 spiro atoms. The molecule has 1 aromatic heterocycles. The first-order valence-corrected chi connectivity index (χ1v) is 13.7. The molecule has 5 rings (SSSR count). The molecule has 0 unspecified atom stereocenters. The number of nitrogens with one attached hydrogen (secondary N) is 1. The smallest absolute Gasteiger partial charge is 0.410 e. The summed E-state index contributed by atoms with van der Waals surface area (Å²) in [4.78, 5) is 27.9. The molecule has 0 bridgehead atoms. The number of amides is 1. The molecule has 38 heavy (non-hydrogen) atoms. The quantitative estimate of drug-likeness (QED) is 0.435. The molecule has 2 fully saturated rings. The van der Waals surface area contributed by atoms with E-state index in [1.54, 1.807) is 4.90 Å². The van der Waals surface area contributed by atoms with Crippen LogP contribution in [0.4, 0.5) is 10.5 Å². The number of pyridine rings is 1. The monoisotopic (exact) mass is 537 g/mol. The third-order valence-corrected chi connectivity index (χ3v) is 7.92. The van der Waals surface area contributed by atoms with Crippen LogP contribution in [0.1, 0.15) is 44.7 Å². The van der Waals surface area contributed by atoms with Crippen LogP contribution in [0.25, 0.3) is 10.8 Å². The maximum Gasteiger partial charge on any atom is 0.410 e. The average Bonchev–Trinajstić information content (AvgIpc) is 2.84. The highest BCUT2D eigenvalue weighted by atomic mass is 35.5. The molecule has 8 heteroatoms. The third-order valence-electron chi connectivity index (χ3n) is 7.51. The Kier molecular flexibility index (Phi) is 7.18. The zero-order valence-electron chi connectivity index (χ0n) is 22.6. The second-order valence-corrected chi connectivity index (χ2v) is 12.0. The van der Waals surface area contributed by atoms with Gasteiger partial charge in [-0.25, -0.2) is 4.79 Å². The van der Waals surface area contributed by atoms with Crippen molar-refractivity contribution in [1.82, 2.24) is 9.47 Å². The Morgan fingerprint density at radius 2 is 1.89 bits per heavy atom. The summed E-state index contributed by atoms with van der Waals surface area (Å²) < 4.78 is 12.9. The van der Waals surface area contributed by atoms with Crippen molar-refractivity contribution >= 4 is 34.2 Å². The van der Waals surface area contributed by atoms with Gasteiger partial charge in [0.15, 0.2) is 0 Å². The Labute approximate surface area is 228 Å². The molecule has 7 nitrogen and oxygen atoms in total. The van der Waals surface area contributed by atoms with Crippen LogP contribution >= 0.6 is 11.6 Å². The molecule has 2 saturated heterocycles. The summed E-state index contributed by atoms with van der Waals surface area (Å²) in [6.07, 6.45) is 3.50. The molecule has 2 aliphatic heterocycles. The van der Waals surface area contributed by atoms with Crippen molar-refractivity contribution < 1.29 is 14.3 Å². The molecule has 2 aromatic carbocycles. The molecule has 3 heterocycles. The van der Waals surface area contributed by atoms with Gasteiger partial charge in [0.1, 0.15) is 5.60 Å². The second kappa shape index (κ2) is 10.3. The van der Waals surface area contributed by atoms with Gasteiger partial charge in [0.05, 0.1) is 18.6 Å². The van der Waals surface area contributed by atoms with Crippen molar-refractivity contribution in [2.45, 2.75) is 58.2 Å². The van der Waals surface area contributed by atoms with E-state index in [0.717, 1.165) is 48.3 Å². The van der Waals surface area contributed by atoms with Gasteiger partial charge in [0.25, 0.3) is 5.56 Å². The van der Waals surface area contributed by atoms with Crippen LogP contribution in [0.5, 0.6) is 0 Å². The lowest BCUT2D eigenvalue weighted by Gasteiger charge is -2.51. The van der Waals surface area contributed by atoms with Gasteiger partial charge >= 0.3 is 6.09 Å². The number of halogens is 1. The van der Waals surface area contributed by atoms with Crippen molar-refractivity contribution in [2.75, 3.05) is 31.6 Å². The van der Waals surface area contributed by atoms with E-state index in [0.29, 0.717) is 36.0 Å². The number of nitrogens with zero attached hydrogens (tertiary/aromatic N) is 2. The minimum Gasteiger partial charge on any atom is -0.444 e. The van der Waals surface area contributed by atoms with E-state index in [2.05, 4.69) is 5.32 Å². The Morgan fingerprint density at radius 3 is 2.61 bits per heavy atom. The predicted octanol–water partition coefficient (Wildman–Crippen LogP) is 5.95. The topological polar surface area (TPSA) is 72.8 Å². The average molecular weight is 538 g/mol. The number of aromatic nitrogens is 1. The van der Waals surface area contributed by atoms with Gasteiger partial charge in [-0.2, -0.15) is 0 Å². The number of fused-ring (bicyclic) bond motifs is 1. The van der Waals surface area contributed by atoms with Crippen LogP contribution in [0.2, 0.25) is 5.02 Å². The van der Waals surface area contributed by atoms with Crippen molar-refractivity contribution in [3.8, 4) is 0 Å². The number of anilines is 1.